The van der Waals surface area contributed by atoms with Gasteiger partial charge in [-0.3, -0.25) is 0 Å². The van der Waals surface area contributed by atoms with E-state index in [9.17, 15) is 10.1 Å². The van der Waals surface area contributed by atoms with E-state index in [4.69, 9.17) is 14.2 Å². The molecule has 2 aromatic heterocycles. The Kier molecular flexibility index (Phi) is 6.38. The van der Waals surface area contributed by atoms with Gasteiger partial charge >= 0.3 is 6.09 Å². The Bertz CT molecular complexity index is 1050. The summed E-state index contributed by atoms with van der Waals surface area (Å²) < 4.78 is 18.9. The Hall–Kier alpha value is -3.05. The maximum absolute atomic E-state index is 12.1. The second kappa shape index (κ2) is 9.21. The molecule has 0 unspecified atom stereocenters. The lowest BCUT2D eigenvalue weighted by Gasteiger charge is -2.30. The molecule has 0 aromatic carbocycles. The van der Waals surface area contributed by atoms with Gasteiger partial charge in [-0.05, 0) is 70.1 Å². The summed E-state index contributed by atoms with van der Waals surface area (Å²) in [5.74, 6) is 0.674. The molecule has 0 bridgehead atoms. The van der Waals surface area contributed by atoms with Gasteiger partial charge in [-0.15, -0.1) is 0 Å². The molecule has 3 heterocycles. The van der Waals surface area contributed by atoms with Crippen LogP contribution in [0.25, 0.3) is 11.1 Å². The minimum Gasteiger partial charge on any atom is -0.488 e. The van der Waals surface area contributed by atoms with Crippen LogP contribution >= 0.6 is 0 Å². The van der Waals surface area contributed by atoms with Crippen molar-refractivity contribution in [1.29, 1.82) is 5.26 Å². The predicted molar refractivity (Wildman–Crippen MR) is 119 cm³/mol. The molecule has 170 valence electrons. The van der Waals surface area contributed by atoms with E-state index in [-0.39, 0.29) is 18.2 Å². The molecule has 1 fully saturated rings. The molecule has 0 atom stereocenters. The number of nitrogens with zero attached hydrogens (tertiary/aromatic N) is 3. The highest BCUT2D eigenvalue weighted by atomic mass is 16.6. The topological polar surface area (TPSA) is 97.9 Å². The van der Waals surface area contributed by atoms with E-state index in [0.29, 0.717) is 30.0 Å². The zero-order valence-electron chi connectivity index (χ0n) is 18.9. The number of alkyl carbamates (subject to hydrolysis) is 1. The van der Waals surface area contributed by atoms with Gasteiger partial charge in [-0.1, -0.05) is 6.08 Å². The van der Waals surface area contributed by atoms with Crippen LogP contribution in [0.3, 0.4) is 0 Å². The molecule has 2 aliphatic rings. The molecule has 0 radical (unpaired) electrons. The van der Waals surface area contributed by atoms with Crippen LogP contribution in [0.4, 0.5) is 4.79 Å². The molecule has 1 aliphatic carbocycles. The molecule has 8 nitrogen and oxygen atoms in total. The second-order valence-corrected chi connectivity index (χ2v) is 9.35. The number of carbonyl (C=O) groups excluding carboxylic acids is 1. The highest BCUT2D eigenvalue weighted by Crippen LogP contribution is 2.33. The van der Waals surface area contributed by atoms with E-state index in [1.165, 1.54) is 5.57 Å². The molecule has 4 rings (SSSR count). The third-order valence-corrected chi connectivity index (χ3v) is 5.72. The SMILES string of the molecule is CC(C)(C)OC(=O)N[C@H]1CC[C@@H](Oc2cc(C3=CCOCC3)cn3ncc(C#N)c23)CC1. The van der Waals surface area contributed by atoms with E-state index in [2.05, 4.69) is 22.6 Å². The number of pyridine rings is 1. The summed E-state index contributed by atoms with van der Waals surface area (Å²) in [6.07, 6.45) is 9.31. The number of hydrogen-bond donors (Lipinski definition) is 1. The van der Waals surface area contributed by atoms with Crippen molar-refractivity contribution in [2.45, 2.75) is 70.6 Å². The Morgan fingerprint density at radius 3 is 2.75 bits per heavy atom. The molecule has 2 aromatic rings. The minimum atomic E-state index is -0.510. The van der Waals surface area contributed by atoms with E-state index in [0.717, 1.165) is 37.7 Å². The first-order valence-corrected chi connectivity index (χ1v) is 11.2. The first-order chi connectivity index (χ1) is 15.3. The van der Waals surface area contributed by atoms with Crippen molar-refractivity contribution in [3.63, 3.8) is 0 Å². The average molecular weight is 439 g/mol. The molecule has 0 spiro atoms. The lowest BCUT2D eigenvalue weighted by atomic mass is 9.93. The molecule has 32 heavy (non-hydrogen) atoms. The molecule has 0 saturated heterocycles. The van der Waals surface area contributed by atoms with Gasteiger partial charge in [-0.2, -0.15) is 10.4 Å². The normalized spacial score (nSPS) is 21.5. The molecule has 8 heteroatoms. The number of amides is 1. The molecule has 1 amide bonds. The average Bonchev–Trinajstić information content (AvgIpc) is 3.18. The third kappa shape index (κ3) is 5.22. The monoisotopic (exact) mass is 438 g/mol. The quantitative estimate of drug-likeness (QED) is 0.767. The number of ether oxygens (including phenoxy) is 3. The fourth-order valence-electron chi connectivity index (χ4n) is 4.20. The number of nitriles is 1. The van der Waals surface area contributed by atoms with Gasteiger partial charge in [0.1, 0.15) is 28.5 Å². The van der Waals surface area contributed by atoms with Gasteiger partial charge in [0, 0.05) is 12.2 Å². The smallest absolute Gasteiger partial charge is 0.407 e. The summed E-state index contributed by atoms with van der Waals surface area (Å²) >= 11 is 0. The number of carbonyl (C=O) groups is 1. The molecular formula is C24H30N4O4. The van der Waals surface area contributed by atoms with Crippen molar-refractivity contribution in [2.75, 3.05) is 13.2 Å². The predicted octanol–water partition coefficient (Wildman–Crippen LogP) is 4.22. The zero-order chi connectivity index (χ0) is 22.7. The molecular weight excluding hydrogens is 408 g/mol. The van der Waals surface area contributed by atoms with Gasteiger partial charge in [0.2, 0.25) is 0 Å². The van der Waals surface area contributed by atoms with Gasteiger partial charge in [0.05, 0.1) is 25.5 Å². The van der Waals surface area contributed by atoms with Crippen molar-refractivity contribution in [3.05, 3.63) is 35.7 Å². The lowest BCUT2D eigenvalue weighted by Crippen LogP contribution is -2.42. The van der Waals surface area contributed by atoms with Crippen molar-refractivity contribution in [3.8, 4) is 11.8 Å². The van der Waals surface area contributed by atoms with Crippen molar-refractivity contribution in [2.24, 2.45) is 0 Å². The summed E-state index contributed by atoms with van der Waals surface area (Å²) in [5, 5.41) is 16.9. The Morgan fingerprint density at radius 1 is 1.31 bits per heavy atom. The molecule has 1 N–H and O–H groups in total. The third-order valence-electron chi connectivity index (χ3n) is 5.72. The van der Waals surface area contributed by atoms with Crippen LogP contribution in [0.1, 0.15) is 64.0 Å². The largest absolute Gasteiger partial charge is 0.488 e. The number of aromatic nitrogens is 2. The summed E-state index contributed by atoms with van der Waals surface area (Å²) in [6, 6.07) is 4.31. The van der Waals surface area contributed by atoms with Crippen LogP contribution in [-0.4, -0.2) is 46.7 Å². The fourth-order valence-corrected chi connectivity index (χ4v) is 4.20. The van der Waals surface area contributed by atoms with Gasteiger partial charge in [0.15, 0.2) is 0 Å². The van der Waals surface area contributed by atoms with Gasteiger partial charge in [0.25, 0.3) is 0 Å². The maximum atomic E-state index is 12.1. The van der Waals surface area contributed by atoms with Crippen LogP contribution in [0.5, 0.6) is 5.75 Å². The van der Waals surface area contributed by atoms with Crippen molar-refractivity contribution >= 4 is 17.2 Å². The van der Waals surface area contributed by atoms with Crippen molar-refractivity contribution < 1.29 is 19.0 Å². The van der Waals surface area contributed by atoms with Crippen LogP contribution in [0, 0.1) is 11.3 Å². The first kappa shape index (κ1) is 22.2. The molecule has 1 saturated carbocycles. The van der Waals surface area contributed by atoms with Gasteiger partial charge < -0.3 is 19.5 Å². The standard InChI is InChI=1S/C24H30N4O4/c1-24(2,3)32-23(29)27-19-4-6-20(7-5-19)31-21-12-17(16-8-10-30-11-9-16)15-28-22(21)18(13-25)14-26-28/h8,12,14-15,19-20H,4-7,9-11H2,1-3H3,(H,27,29)/t19-,20+. The van der Waals surface area contributed by atoms with Gasteiger partial charge in [-0.25, -0.2) is 9.31 Å². The number of rotatable bonds is 4. The van der Waals surface area contributed by atoms with Crippen LogP contribution in [-0.2, 0) is 9.47 Å². The number of hydrogen-bond acceptors (Lipinski definition) is 6. The Balaban J connectivity index is 1.47. The van der Waals surface area contributed by atoms with Crippen LogP contribution < -0.4 is 10.1 Å². The summed E-state index contributed by atoms with van der Waals surface area (Å²) in [7, 11) is 0. The van der Waals surface area contributed by atoms with Crippen LogP contribution in [0.2, 0.25) is 0 Å². The Morgan fingerprint density at radius 2 is 2.09 bits per heavy atom. The van der Waals surface area contributed by atoms with E-state index in [1.807, 2.05) is 33.0 Å². The fraction of sp³-hybridized carbons (Fsp3) is 0.542. The van der Waals surface area contributed by atoms with E-state index >= 15 is 0 Å². The number of nitrogens with one attached hydrogen (secondary N) is 1. The van der Waals surface area contributed by atoms with E-state index in [1.54, 1.807) is 10.7 Å². The summed E-state index contributed by atoms with van der Waals surface area (Å²) in [5.41, 5.74) is 2.90. The highest BCUT2D eigenvalue weighted by Gasteiger charge is 2.27. The maximum Gasteiger partial charge on any atom is 0.407 e. The minimum absolute atomic E-state index is 0.0100. The molecule has 1 aliphatic heterocycles. The lowest BCUT2D eigenvalue weighted by molar-refractivity contribution is 0.0471. The Labute approximate surface area is 188 Å². The van der Waals surface area contributed by atoms with E-state index < -0.39 is 5.60 Å². The number of fused-ring (bicyclic) bond motifs is 1. The summed E-state index contributed by atoms with van der Waals surface area (Å²) in [4.78, 5) is 12.1. The zero-order valence-corrected chi connectivity index (χ0v) is 18.9. The summed E-state index contributed by atoms with van der Waals surface area (Å²) in [6.45, 7) is 6.86. The second-order valence-electron chi connectivity index (χ2n) is 9.35. The first-order valence-electron chi connectivity index (χ1n) is 11.2. The van der Waals surface area contributed by atoms with Crippen molar-refractivity contribution in [1.82, 2.24) is 14.9 Å². The van der Waals surface area contributed by atoms with Crippen LogP contribution in [0.15, 0.2) is 24.5 Å². The highest BCUT2D eigenvalue weighted by molar-refractivity contribution is 5.75.